The quantitative estimate of drug-likeness (QED) is 0.862. The summed E-state index contributed by atoms with van der Waals surface area (Å²) in [5, 5.41) is 0.391. The third kappa shape index (κ3) is 2.19. The molecule has 5 nitrogen and oxygen atoms in total. The summed E-state index contributed by atoms with van der Waals surface area (Å²) < 4.78 is 0. The Kier molecular flexibility index (Phi) is 3.52. The van der Waals surface area contributed by atoms with Crippen molar-refractivity contribution in [3.8, 4) is 0 Å². The van der Waals surface area contributed by atoms with Gasteiger partial charge in [0.15, 0.2) is 0 Å². The van der Waals surface area contributed by atoms with Crippen molar-refractivity contribution in [1.29, 1.82) is 0 Å². The number of rotatable bonds is 3. The van der Waals surface area contributed by atoms with Gasteiger partial charge >= 0.3 is 0 Å². The molecule has 19 heavy (non-hydrogen) atoms. The number of nitrogens with zero attached hydrogens (tertiary/aromatic N) is 1. The number of anilines is 1. The molecule has 1 aromatic rings. The molecule has 1 unspecified atom stereocenters. The zero-order valence-corrected chi connectivity index (χ0v) is 11.5. The van der Waals surface area contributed by atoms with Crippen molar-refractivity contribution in [2.75, 3.05) is 11.4 Å². The van der Waals surface area contributed by atoms with E-state index in [0.717, 1.165) is 4.90 Å². The number of hydrogen-bond acceptors (Lipinski definition) is 3. The highest BCUT2D eigenvalue weighted by molar-refractivity contribution is 6.57. The number of hydrogen-bond donors (Lipinski definition) is 1. The van der Waals surface area contributed by atoms with Crippen LogP contribution in [0.1, 0.15) is 17.3 Å². The molecule has 0 fully saturated rings. The van der Waals surface area contributed by atoms with Crippen molar-refractivity contribution in [3.05, 3.63) is 27.7 Å². The molecule has 0 saturated heterocycles. The van der Waals surface area contributed by atoms with Gasteiger partial charge in [-0.1, -0.05) is 30.1 Å². The first-order valence-electron chi connectivity index (χ1n) is 5.48. The second-order valence-electron chi connectivity index (χ2n) is 4.30. The van der Waals surface area contributed by atoms with Crippen molar-refractivity contribution in [1.82, 2.24) is 0 Å². The molecule has 0 bridgehead atoms. The summed E-state index contributed by atoms with van der Waals surface area (Å²) in [5.74, 6) is -2.64. The number of primary amides is 1. The average Bonchev–Trinajstić information content (AvgIpc) is 2.60. The smallest absolute Gasteiger partial charge is 0.299 e. The molecule has 1 aromatic carbocycles. The lowest BCUT2D eigenvalue weighted by atomic mass is 10.1. The highest BCUT2D eigenvalue weighted by atomic mass is 35.5. The van der Waals surface area contributed by atoms with Crippen LogP contribution >= 0.6 is 23.2 Å². The van der Waals surface area contributed by atoms with Crippen LogP contribution in [-0.2, 0) is 9.59 Å². The normalized spacial score (nSPS) is 15.6. The summed E-state index contributed by atoms with van der Waals surface area (Å²) in [6.45, 7) is 1.56. The van der Waals surface area contributed by atoms with Gasteiger partial charge in [-0.05, 0) is 12.1 Å². The van der Waals surface area contributed by atoms with Gasteiger partial charge in [-0.2, -0.15) is 0 Å². The molecule has 100 valence electrons. The third-order valence-corrected chi connectivity index (χ3v) is 3.58. The second-order valence-corrected chi connectivity index (χ2v) is 5.12. The van der Waals surface area contributed by atoms with Gasteiger partial charge in [-0.3, -0.25) is 14.4 Å². The SMILES string of the molecule is CC(CN1C(=O)C(=O)c2c(Cl)ccc(Cl)c21)C(N)=O. The highest BCUT2D eigenvalue weighted by Crippen LogP contribution is 2.40. The number of fused-ring (bicyclic) bond motifs is 1. The van der Waals surface area contributed by atoms with E-state index >= 15 is 0 Å². The van der Waals surface area contributed by atoms with Gasteiger partial charge in [0.1, 0.15) is 0 Å². The first kappa shape index (κ1) is 13.8. The minimum atomic E-state index is -0.752. The van der Waals surface area contributed by atoms with Crippen molar-refractivity contribution < 1.29 is 14.4 Å². The molecular formula is C12H10Cl2N2O3. The van der Waals surface area contributed by atoms with E-state index in [1.807, 2.05) is 0 Å². The summed E-state index contributed by atoms with van der Waals surface area (Å²) in [6.07, 6.45) is 0. The van der Waals surface area contributed by atoms with Crippen LogP contribution in [0.2, 0.25) is 10.0 Å². The van der Waals surface area contributed by atoms with Gasteiger partial charge in [-0.15, -0.1) is 0 Å². The molecule has 1 aliphatic rings. The molecule has 2 amide bonds. The van der Waals surface area contributed by atoms with Crippen molar-refractivity contribution in [3.63, 3.8) is 0 Å². The molecular weight excluding hydrogens is 291 g/mol. The van der Waals surface area contributed by atoms with E-state index in [2.05, 4.69) is 0 Å². The Bertz CT molecular complexity index is 601. The van der Waals surface area contributed by atoms with E-state index in [4.69, 9.17) is 28.9 Å². The standard InChI is InChI=1S/C12H10Cl2N2O3/c1-5(11(15)18)4-16-9-7(14)3-2-6(13)8(9)10(17)12(16)19/h2-3,5H,4H2,1H3,(H2,15,18). The summed E-state index contributed by atoms with van der Waals surface area (Å²) in [5.41, 5.74) is 5.49. The molecule has 7 heteroatoms. The Morgan fingerprint density at radius 1 is 1.32 bits per heavy atom. The molecule has 2 N–H and O–H groups in total. The maximum Gasteiger partial charge on any atom is 0.299 e. The van der Waals surface area contributed by atoms with Crippen LogP contribution < -0.4 is 10.6 Å². The number of halogens is 2. The largest absolute Gasteiger partial charge is 0.369 e. The number of carbonyl (C=O) groups is 3. The van der Waals surface area contributed by atoms with E-state index < -0.39 is 23.5 Å². The molecule has 0 spiro atoms. The van der Waals surface area contributed by atoms with Crippen LogP contribution in [-0.4, -0.2) is 24.1 Å². The van der Waals surface area contributed by atoms with Crippen molar-refractivity contribution in [2.45, 2.75) is 6.92 Å². The Hall–Kier alpha value is -1.59. The van der Waals surface area contributed by atoms with Crippen LogP contribution in [0.5, 0.6) is 0 Å². The number of carbonyl (C=O) groups excluding carboxylic acids is 3. The molecule has 1 atom stereocenters. The molecule has 0 aliphatic carbocycles. The number of Topliss-reactive ketones (excluding diaryl/α,β-unsaturated/α-hetero) is 1. The van der Waals surface area contributed by atoms with Gasteiger partial charge in [0.2, 0.25) is 5.91 Å². The van der Waals surface area contributed by atoms with Crippen LogP contribution in [0.4, 0.5) is 5.69 Å². The Balaban J connectivity index is 2.50. The summed E-state index contributed by atoms with van der Waals surface area (Å²) >= 11 is 11.9. The number of nitrogens with two attached hydrogens (primary N) is 1. The van der Waals surface area contributed by atoms with Crippen LogP contribution in [0.3, 0.4) is 0 Å². The van der Waals surface area contributed by atoms with E-state index in [1.54, 1.807) is 6.92 Å². The van der Waals surface area contributed by atoms with Gasteiger partial charge in [-0.25, -0.2) is 0 Å². The van der Waals surface area contributed by atoms with Crippen molar-refractivity contribution >= 4 is 46.5 Å². The predicted molar refractivity (Wildman–Crippen MR) is 71.5 cm³/mol. The molecule has 0 aromatic heterocycles. The summed E-state index contributed by atoms with van der Waals surface area (Å²) in [4.78, 5) is 36.0. The van der Waals surface area contributed by atoms with E-state index in [1.165, 1.54) is 12.1 Å². The third-order valence-electron chi connectivity index (χ3n) is 2.96. The average molecular weight is 301 g/mol. The minimum Gasteiger partial charge on any atom is -0.369 e. The lowest BCUT2D eigenvalue weighted by Crippen LogP contribution is -2.38. The van der Waals surface area contributed by atoms with E-state index in [9.17, 15) is 14.4 Å². The summed E-state index contributed by atoms with van der Waals surface area (Å²) in [7, 11) is 0. The maximum absolute atomic E-state index is 11.9. The number of ketones is 1. The predicted octanol–water partition coefficient (Wildman–Crippen LogP) is 1.64. The number of benzene rings is 1. The lowest BCUT2D eigenvalue weighted by Gasteiger charge is -2.20. The fraction of sp³-hybridized carbons (Fsp3) is 0.250. The molecule has 1 heterocycles. The molecule has 0 saturated carbocycles. The molecule has 0 radical (unpaired) electrons. The Morgan fingerprint density at radius 3 is 2.47 bits per heavy atom. The van der Waals surface area contributed by atoms with E-state index in [0.29, 0.717) is 0 Å². The van der Waals surface area contributed by atoms with Crippen LogP contribution in [0.25, 0.3) is 0 Å². The fourth-order valence-electron chi connectivity index (χ4n) is 1.89. The first-order valence-corrected chi connectivity index (χ1v) is 6.23. The minimum absolute atomic E-state index is 0.00698. The summed E-state index contributed by atoms with van der Waals surface area (Å²) in [6, 6.07) is 2.95. The molecule has 2 rings (SSSR count). The monoisotopic (exact) mass is 300 g/mol. The van der Waals surface area contributed by atoms with Gasteiger partial charge in [0.05, 0.1) is 27.2 Å². The fourth-order valence-corrected chi connectivity index (χ4v) is 2.39. The topological polar surface area (TPSA) is 80.5 Å². The highest BCUT2D eigenvalue weighted by Gasteiger charge is 2.40. The van der Waals surface area contributed by atoms with Crippen LogP contribution in [0.15, 0.2) is 12.1 Å². The van der Waals surface area contributed by atoms with Gasteiger partial charge < -0.3 is 10.6 Å². The zero-order chi connectivity index (χ0) is 14.3. The number of amides is 2. The van der Waals surface area contributed by atoms with Gasteiger partial charge in [0.25, 0.3) is 11.7 Å². The second kappa shape index (κ2) is 4.83. The van der Waals surface area contributed by atoms with Crippen molar-refractivity contribution in [2.24, 2.45) is 11.7 Å². The van der Waals surface area contributed by atoms with Crippen LogP contribution in [0, 0.1) is 5.92 Å². The van der Waals surface area contributed by atoms with Gasteiger partial charge in [0, 0.05) is 6.54 Å². The maximum atomic E-state index is 11.9. The Morgan fingerprint density at radius 2 is 1.89 bits per heavy atom. The molecule has 1 aliphatic heterocycles. The zero-order valence-electron chi connectivity index (χ0n) is 9.94. The lowest BCUT2D eigenvalue weighted by molar-refractivity contribution is -0.121. The first-order chi connectivity index (χ1) is 8.84. The van der Waals surface area contributed by atoms with E-state index in [-0.39, 0.29) is 27.8 Å². The Labute approximate surface area is 119 Å².